The Morgan fingerprint density at radius 1 is 1.16 bits per heavy atom. The van der Waals surface area contributed by atoms with Gasteiger partial charge in [0.1, 0.15) is 0 Å². The molecule has 0 bridgehead atoms. The number of anilines is 1. The SMILES string of the molecule is CCCCCCNCCN1c2ccccc2CC1C. The van der Waals surface area contributed by atoms with E-state index < -0.39 is 0 Å². The molecule has 19 heavy (non-hydrogen) atoms. The number of fused-ring (bicyclic) bond motifs is 1. The fraction of sp³-hybridized carbons (Fsp3) is 0.647. The number of nitrogens with zero attached hydrogens (tertiary/aromatic N) is 1. The van der Waals surface area contributed by atoms with Crippen molar-refractivity contribution >= 4 is 5.69 Å². The summed E-state index contributed by atoms with van der Waals surface area (Å²) in [6.45, 7) is 8.00. The summed E-state index contributed by atoms with van der Waals surface area (Å²) >= 11 is 0. The second-order valence-electron chi connectivity index (χ2n) is 5.69. The second kappa shape index (κ2) is 7.54. The average Bonchev–Trinajstić information content (AvgIpc) is 2.74. The molecule has 1 N–H and O–H groups in total. The van der Waals surface area contributed by atoms with Gasteiger partial charge in [-0.05, 0) is 37.9 Å². The van der Waals surface area contributed by atoms with Gasteiger partial charge in [-0.15, -0.1) is 0 Å². The molecule has 1 aromatic rings. The highest BCUT2D eigenvalue weighted by Gasteiger charge is 2.24. The molecule has 2 nitrogen and oxygen atoms in total. The van der Waals surface area contributed by atoms with E-state index in [2.05, 4.69) is 48.3 Å². The van der Waals surface area contributed by atoms with Crippen molar-refractivity contribution in [3.63, 3.8) is 0 Å². The standard InChI is InChI=1S/C17H28N2/c1-3-4-5-8-11-18-12-13-19-15(2)14-16-9-6-7-10-17(16)19/h6-7,9-10,15,18H,3-5,8,11-14H2,1-2H3. The lowest BCUT2D eigenvalue weighted by molar-refractivity contribution is 0.579. The fourth-order valence-electron chi connectivity index (χ4n) is 2.97. The van der Waals surface area contributed by atoms with Crippen molar-refractivity contribution < 1.29 is 0 Å². The van der Waals surface area contributed by atoms with E-state index in [0.29, 0.717) is 6.04 Å². The summed E-state index contributed by atoms with van der Waals surface area (Å²) in [5.41, 5.74) is 2.96. The van der Waals surface area contributed by atoms with E-state index in [1.807, 2.05) is 0 Å². The first-order chi connectivity index (χ1) is 9.33. The van der Waals surface area contributed by atoms with E-state index in [-0.39, 0.29) is 0 Å². The summed E-state index contributed by atoms with van der Waals surface area (Å²) in [6.07, 6.45) is 6.58. The minimum Gasteiger partial charge on any atom is -0.367 e. The predicted molar refractivity (Wildman–Crippen MR) is 84.0 cm³/mol. The molecular formula is C17H28N2. The van der Waals surface area contributed by atoms with Gasteiger partial charge in [-0.2, -0.15) is 0 Å². The van der Waals surface area contributed by atoms with Gasteiger partial charge in [-0.1, -0.05) is 44.4 Å². The smallest absolute Gasteiger partial charge is 0.0402 e. The molecule has 2 rings (SSSR count). The maximum absolute atomic E-state index is 3.58. The Labute approximate surface area is 118 Å². The molecule has 2 heteroatoms. The molecule has 0 spiro atoms. The Balaban J connectivity index is 1.69. The number of benzene rings is 1. The Bertz CT molecular complexity index is 375. The lowest BCUT2D eigenvalue weighted by Crippen LogP contribution is -2.36. The fourth-order valence-corrected chi connectivity index (χ4v) is 2.97. The molecule has 0 aliphatic carbocycles. The predicted octanol–water partition coefficient (Wildman–Crippen LogP) is 3.61. The van der Waals surface area contributed by atoms with Crippen LogP contribution in [-0.4, -0.2) is 25.7 Å². The average molecular weight is 260 g/mol. The Kier molecular flexibility index (Phi) is 5.71. The van der Waals surface area contributed by atoms with Crippen LogP contribution in [0.4, 0.5) is 5.69 Å². The van der Waals surface area contributed by atoms with Gasteiger partial charge in [-0.25, -0.2) is 0 Å². The van der Waals surface area contributed by atoms with Crippen molar-refractivity contribution in [3.8, 4) is 0 Å². The van der Waals surface area contributed by atoms with Gasteiger partial charge in [-0.3, -0.25) is 0 Å². The topological polar surface area (TPSA) is 15.3 Å². The third kappa shape index (κ3) is 3.97. The number of rotatable bonds is 8. The summed E-state index contributed by atoms with van der Waals surface area (Å²) in [5.74, 6) is 0. The largest absolute Gasteiger partial charge is 0.367 e. The van der Waals surface area contributed by atoms with Crippen LogP contribution >= 0.6 is 0 Å². The third-order valence-corrected chi connectivity index (χ3v) is 4.09. The molecule has 0 radical (unpaired) electrons. The molecule has 0 saturated carbocycles. The van der Waals surface area contributed by atoms with Crippen molar-refractivity contribution in [2.45, 2.75) is 52.0 Å². The molecule has 1 aliphatic rings. The molecule has 0 amide bonds. The van der Waals surface area contributed by atoms with E-state index in [0.717, 1.165) is 13.1 Å². The molecule has 0 fully saturated rings. The zero-order valence-electron chi connectivity index (χ0n) is 12.5. The van der Waals surface area contributed by atoms with Crippen molar-refractivity contribution in [2.24, 2.45) is 0 Å². The summed E-state index contributed by atoms with van der Waals surface area (Å²) in [7, 11) is 0. The van der Waals surface area contributed by atoms with E-state index in [1.165, 1.54) is 49.9 Å². The van der Waals surface area contributed by atoms with Crippen LogP contribution in [-0.2, 0) is 6.42 Å². The number of unbranched alkanes of at least 4 members (excludes halogenated alkanes) is 3. The molecule has 1 unspecified atom stereocenters. The number of nitrogens with one attached hydrogen (secondary N) is 1. The minimum atomic E-state index is 0.652. The first kappa shape index (κ1) is 14.4. The minimum absolute atomic E-state index is 0.652. The Morgan fingerprint density at radius 3 is 2.84 bits per heavy atom. The highest BCUT2D eigenvalue weighted by Crippen LogP contribution is 2.30. The van der Waals surface area contributed by atoms with Crippen LogP contribution in [0, 0.1) is 0 Å². The van der Waals surface area contributed by atoms with Crippen LogP contribution in [0.2, 0.25) is 0 Å². The van der Waals surface area contributed by atoms with E-state index in [9.17, 15) is 0 Å². The highest BCUT2D eigenvalue weighted by molar-refractivity contribution is 5.59. The Hall–Kier alpha value is -1.02. The van der Waals surface area contributed by atoms with Gasteiger partial charge in [0.15, 0.2) is 0 Å². The highest BCUT2D eigenvalue weighted by atomic mass is 15.2. The van der Waals surface area contributed by atoms with Crippen molar-refractivity contribution in [1.82, 2.24) is 5.32 Å². The monoisotopic (exact) mass is 260 g/mol. The molecule has 106 valence electrons. The van der Waals surface area contributed by atoms with Gasteiger partial charge >= 0.3 is 0 Å². The van der Waals surface area contributed by atoms with E-state index in [4.69, 9.17) is 0 Å². The summed E-state index contributed by atoms with van der Waals surface area (Å²) in [5, 5.41) is 3.58. The zero-order chi connectivity index (χ0) is 13.5. The van der Waals surface area contributed by atoms with Crippen LogP contribution < -0.4 is 10.2 Å². The summed E-state index contributed by atoms with van der Waals surface area (Å²) < 4.78 is 0. The second-order valence-corrected chi connectivity index (χ2v) is 5.69. The first-order valence-electron chi connectivity index (χ1n) is 7.88. The van der Waals surface area contributed by atoms with Gasteiger partial charge in [0.25, 0.3) is 0 Å². The van der Waals surface area contributed by atoms with Crippen LogP contribution in [0.3, 0.4) is 0 Å². The van der Waals surface area contributed by atoms with Crippen LogP contribution in [0.15, 0.2) is 24.3 Å². The lowest BCUT2D eigenvalue weighted by Gasteiger charge is -2.25. The molecule has 1 heterocycles. The lowest BCUT2D eigenvalue weighted by atomic mass is 10.1. The maximum atomic E-state index is 3.58. The van der Waals surface area contributed by atoms with Crippen molar-refractivity contribution in [1.29, 1.82) is 0 Å². The molecular weight excluding hydrogens is 232 g/mol. The number of hydrogen-bond donors (Lipinski definition) is 1. The van der Waals surface area contributed by atoms with Gasteiger partial charge in [0.2, 0.25) is 0 Å². The van der Waals surface area contributed by atoms with E-state index >= 15 is 0 Å². The van der Waals surface area contributed by atoms with Crippen LogP contribution in [0.25, 0.3) is 0 Å². The van der Waals surface area contributed by atoms with Crippen LogP contribution in [0.1, 0.15) is 45.1 Å². The Morgan fingerprint density at radius 2 is 2.00 bits per heavy atom. The maximum Gasteiger partial charge on any atom is 0.0402 e. The van der Waals surface area contributed by atoms with E-state index in [1.54, 1.807) is 0 Å². The number of para-hydroxylation sites is 1. The molecule has 0 saturated heterocycles. The molecule has 0 aromatic heterocycles. The van der Waals surface area contributed by atoms with Crippen molar-refractivity contribution in [2.75, 3.05) is 24.5 Å². The zero-order valence-corrected chi connectivity index (χ0v) is 12.5. The summed E-state index contributed by atoms with van der Waals surface area (Å²) in [4.78, 5) is 2.55. The third-order valence-electron chi connectivity index (χ3n) is 4.09. The normalized spacial score (nSPS) is 17.8. The van der Waals surface area contributed by atoms with Crippen LogP contribution in [0.5, 0.6) is 0 Å². The van der Waals surface area contributed by atoms with Gasteiger partial charge in [0.05, 0.1) is 0 Å². The molecule has 1 atom stereocenters. The first-order valence-corrected chi connectivity index (χ1v) is 7.88. The number of hydrogen-bond acceptors (Lipinski definition) is 2. The van der Waals surface area contributed by atoms with Crippen molar-refractivity contribution in [3.05, 3.63) is 29.8 Å². The molecule has 1 aromatic carbocycles. The quantitative estimate of drug-likeness (QED) is 0.718. The molecule has 1 aliphatic heterocycles. The summed E-state index contributed by atoms with van der Waals surface area (Å²) in [6, 6.07) is 9.49. The van der Waals surface area contributed by atoms with Gasteiger partial charge in [0, 0.05) is 24.8 Å². The van der Waals surface area contributed by atoms with Gasteiger partial charge < -0.3 is 10.2 Å².